The highest BCUT2D eigenvalue weighted by Crippen LogP contribution is 2.29. The molecule has 21 heavy (non-hydrogen) atoms. The predicted molar refractivity (Wildman–Crippen MR) is 87.0 cm³/mol. The Morgan fingerprint density at radius 1 is 1.24 bits per heavy atom. The Balaban J connectivity index is 2.14. The monoisotopic (exact) mass is 288 g/mol. The Hall–Kier alpha value is -1.35. The van der Waals surface area contributed by atoms with Gasteiger partial charge in [0.1, 0.15) is 6.17 Å². The number of hydrogen-bond acceptors (Lipinski definition) is 2. The summed E-state index contributed by atoms with van der Waals surface area (Å²) in [7, 11) is 0. The van der Waals surface area contributed by atoms with Gasteiger partial charge in [-0.25, -0.2) is 0 Å². The average Bonchev–Trinajstić information content (AvgIpc) is 2.76. The van der Waals surface area contributed by atoms with Crippen LogP contribution in [0.15, 0.2) is 24.3 Å². The van der Waals surface area contributed by atoms with Crippen LogP contribution in [0.3, 0.4) is 0 Å². The quantitative estimate of drug-likeness (QED) is 0.808. The van der Waals surface area contributed by atoms with Gasteiger partial charge in [-0.05, 0) is 32.8 Å². The summed E-state index contributed by atoms with van der Waals surface area (Å²) in [6, 6.07) is 8.68. The van der Waals surface area contributed by atoms with E-state index in [1.165, 1.54) is 30.4 Å². The van der Waals surface area contributed by atoms with Crippen molar-refractivity contribution in [2.24, 2.45) is 0 Å². The third-order valence-corrected chi connectivity index (χ3v) is 4.40. The van der Waals surface area contributed by atoms with Gasteiger partial charge in [-0.1, -0.05) is 56.0 Å². The normalized spacial score (nSPS) is 23.6. The van der Waals surface area contributed by atoms with Crippen LogP contribution >= 0.6 is 0 Å². The van der Waals surface area contributed by atoms with Crippen LogP contribution in [-0.4, -0.2) is 22.9 Å². The smallest absolute Gasteiger partial charge is 0.241 e. The number of benzene rings is 1. The number of carbonyl (C=O) groups is 1. The average molecular weight is 288 g/mol. The Morgan fingerprint density at radius 2 is 1.90 bits per heavy atom. The number of amides is 1. The van der Waals surface area contributed by atoms with Gasteiger partial charge >= 0.3 is 0 Å². The van der Waals surface area contributed by atoms with Crippen LogP contribution in [0.25, 0.3) is 0 Å². The molecule has 0 aromatic heterocycles. The van der Waals surface area contributed by atoms with Crippen molar-refractivity contribution in [1.29, 1.82) is 0 Å². The molecule has 1 aromatic rings. The molecule has 0 saturated carbocycles. The fourth-order valence-corrected chi connectivity index (χ4v) is 3.05. The summed E-state index contributed by atoms with van der Waals surface area (Å²) in [5.74, 6) is 0.226. The topological polar surface area (TPSA) is 32.3 Å². The van der Waals surface area contributed by atoms with E-state index in [0.717, 1.165) is 6.42 Å². The van der Waals surface area contributed by atoms with Gasteiger partial charge in [0, 0.05) is 6.04 Å². The molecule has 1 aromatic carbocycles. The maximum Gasteiger partial charge on any atom is 0.241 e. The zero-order valence-corrected chi connectivity index (χ0v) is 13.7. The Bertz CT molecular complexity index is 469. The van der Waals surface area contributed by atoms with E-state index in [4.69, 9.17) is 0 Å². The first-order chi connectivity index (χ1) is 10.0. The summed E-state index contributed by atoms with van der Waals surface area (Å²) in [6.45, 7) is 8.44. The lowest BCUT2D eigenvalue weighted by atomic mass is 10.1. The minimum atomic E-state index is -0.0927. The summed E-state index contributed by atoms with van der Waals surface area (Å²) >= 11 is 0. The molecule has 3 unspecified atom stereocenters. The molecular weight excluding hydrogens is 260 g/mol. The fraction of sp³-hybridized carbons (Fsp3) is 0.611. The van der Waals surface area contributed by atoms with Crippen LogP contribution in [0.5, 0.6) is 0 Å². The molecule has 1 aliphatic rings. The van der Waals surface area contributed by atoms with Gasteiger partial charge in [-0.3, -0.25) is 10.1 Å². The minimum absolute atomic E-state index is 0.0183. The summed E-state index contributed by atoms with van der Waals surface area (Å²) in [4.78, 5) is 14.5. The summed E-state index contributed by atoms with van der Waals surface area (Å²) in [5, 5.41) is 3.44. The van der Waals surface area contributed by atoms with Crippen molar-refractivity contribution in [3.63, 3.8) is 0 Å². The molecular formula is C18H28N2O. The zero-order valence-electron chi connectivity index (χ0n) is 13.7. The van der Waals surface area contributed by atoms with Crippen molar-refractivity contribution < 1.29 is 4.79 Å². The van der Waals surface area contributed by atoms with Crippen molar-refractivity contribution in [2.45, 2.75) is 71.6 Å². The molecule has 1 amide bonds. The molecule has 3 heteroatoms. The van der Waals surface area contributed by atoms with Crippen LogP contribution in [0.4, 0.5) is 0 Å². The second kappa shape index (κ2) is 7.08. The van der Waals surface area contributed by atoms with Gasteiger partial charge in [-0.15, -0.1) is 0 Å². The molecule has 3 nitrogen and oxygen atoms in total. The maximum absolute atomic E-state index is 12.5. The molecule has 2 rings (SSSR count). The highest BCUT2D eigenvalue weighted by Gasteiger charge is 2.39. The molecule has 0 aliphatic carbocycles. The predicted octanol–water partition coefficient (Wildman–Crippen LogP) is 3.78. The van der Waals surface area contributed by atoms with Crippen LogP contribution in [0.2, 0.25) is 0 Å². The minimum Gasteiger partial charge on any atom is -0.319 e. The maximum atomic E-state index is 12.5. The number of rotatable bonds is 6. The van der Waals surface area contributed by atoms with Gasteiger partial charge in [-0.2, -0.15) is 0 Å². The summed E-state index contributed by atoms with van der Waals surface area (Å²) < 4.78 is 0. The molecule has 1 aliphatic heterocycles. The molecule has 1 N–H and O–H groups in total. The lowest BCUT2D eigenvalue weighted by Crippen LogP contribution is -2.38. The van der Waals surface area contributed by atoms with Crippen molar-refractivity contribution in [1.82, 2.24) is 10.2 Å². The van der Waals surface area contributed by atoms with Crippen LogP contribution < -0.4 is 5.32 Å². The second-order valence-corrected chi connectivity index (χ2v) is 6.29. The van der Waals surface area contributed by atoms with Crippen molar-refractivity contribution >= 4 is 5.91 Å². The fourth-order valence-electron chi connectivity index (χ4n) is 3.05. The van der Waals surface area contributed by atoms with E-state index >= 15 is 0 Å². The molecule has 116 valence electrons. The molecule has 1 heterocycles. The summed E-state index contributed by atoms with van der Waals surface area (Å²) in [6.07, 6.45) is 4.75. The number of hydrogen-bond donors (Lipinski definition) is 1. The largest absolute Gasteiger partial charge is 0.319 e. The van der Waals surface area contributed by atoms with Gasteiger partial charge in [0.15, 0.2) is 0 Å². The van der Waals surface area contributed by atoms with Crippen molar-refractivity contribution in [2.75, 3.05) is 0 Å². The lowest BCUT2D eigenvalue weighted by Gasteiger charge is -2.31. The first-order valence-electron chi connectivity index (χ1n) is 8.19. The molecule has 0 bridgehead atoms. The first-order valence-corrected chi connectivity index (χ1v) is 8.19. The van der Waals surface area contributed by atoms with Gasteiger partial charge in [0.05, 0.1) is 6.04 Å². The van der Waals surface area contributed by atoms with E-state index in [1.54, 1.807) is 0 Å². The lowest BCUT2D eigenvalue weighted by molar-refractivity contribution is -0.131. The summed E-state index contributed by atoms with van der Waals surface area (Å²) in [5.41, 5.74) is 2.43. The SMILES string of the molecule is CCCCCC(C)N1C(=O)C(C)NC1c1ccc(C)cc1. The second-order valence-electron chi connectivity index (χ2n) is 6.29. The van der Waals surface area contributed by atoms with Crippen LogP contribution in [0, 0.1) is 6.92 Å². The van der Waals surface area contributed by atoms with Gasteiger partial charge in [0.2, 0.25) is 5.91 Å². The molecule has 3 atom stereocenters. The number of unbranched alkanes of at least 4 members (excludes halogenated alkanes) is 2. The number of nitrogens with one attached hydrogen (secondary N) is 1. The van der Waals surface area contributed by atoms with Gasteiger partial charge in [0.25, 0.3) is 0 Å². The highest BCUT2D eigenvalue weighted by molar-refractivity contribution is 5.84. The zero-order chi connectivity index (χ0) is 15.4. The molecule has 1 fully saturated rings. The third kappa shape index (κ3) is 3.65. The van der Waals surface area contributed by atoms with Crippen molar-refractivity contribution in [3.8, 4) is 0 Å². The van der Waals surface area contributed by atoms with Crippen LogP contribution in [0.1, 0.15) is 63.7 Å². The highest BCUT2D eigenvalue weighted by atomic mass is 16.2. The van der Waals surface area contributed by atoms with E-state index in [-0.39, 0.29) is 24.2 Å². The Morgan fingerprint density at radius 3 is 2.52 bits per heavy atom. The third-order valence-electron chi connectivity index (χ3n) is 4.40. The number of nitrogens with zero attached hydrogens (tertiary/aromatic N) is 1. The van der Waals surface area contributed by atoms with Gasteiger partial charge < -0.3 is 4.90 Å². The Labute approximate surface area is 128 Å². The van der Waals surface area contributed by atoms with E-state index in [0.29, 0.717) is 0 Å². The van der Waals surface area contributed by atoms with Crippen LogP contribution in [-0.2, 0) is 4.79 Å². The standard InChI is InChI=1S/C18H28N2O/c1-5-6-7-8-14(3)20-17(19-15(4)18(20)21)16-11-9-13(2)10-12-16/h9-12,14-15,17,19H,5-8H2,1-4H3. The molecule has 0 radical (unpaired) electrons. The Kier molecular flexibility index (Phi) is 5.40. The van der Waals surface area contributed by atoms with Crippen molar-refractivity contribution in [3.05, 3.63) is 35.4 Å². The van der Waals surface area contributed by atoms with E-state index in [1.807, 2.05) is 11.8 Å². The number of carbonyl (C=O) groups excluding carboxylic acids is 1. The van der Waals surface area contributed by atoms with E-state index in [9.17, 15) is 4.79 Å². The van der Waals surface area contributed by atoms with E-state index in [2.05, 4.69) is 50.4 Å². The molecule has 1 saturated heterocycles. The first kappa shape index (κ1) is 16.0. The van der Waals surface area contributed by atoms with E-state index < -0.39 is 0 Å². The number of aryl methyl sites for hydroxylation is 1. The molecule has 0 spiro atoms.